The molecular weight excluding hydrogens is 628 g/mol. The fourth-order valence-corrected chi connectivity index (χ4v) is 4.40. The van der Waals surface area contributed by atoms with Crippen molar-refractivity contribution in [1.82, 2.24) is 4.90 Å². The van der Waals surface area contributed by atoms with Gasteiger partial charge in [0.1, 0.15) is 11.5 Å². The van der Waals surface area contributed by atoms with Crippen molar-refractivity contribution in [3.63, 3.8) is 0 Å². The van der Waals surface area contributed by atoms with Crippen molar-refractivity contribution in [2.75, 3.05) is 29.6 Å². The number of aromatic carboxylic acids is 2. The van der Waals surface area contributed by atoms with E-state index in [2.05, 4.69) is 10.6 Å². The fraction of sp³-hybridized carbons (Fsp3) is 0.0606. The van der Waals surface area contributed by atoms with Crippen molar-refractivity contribution in [3.05, 3.63) is 112 Å². The lowest BCUT2D eigenvalue weighted by atomic mass is 10.0. The Morgan fingerprint density at radius 3 is 1.54 bits per heavy atom. The number of rotatable bonds is 8. The number of anilines is 3. The molecule has 0 bridgehead atoms. The third kappa shape index (κ3) is 7.26. The van der Waals surface area contributed by atoms with E-state index in [4.69, 9.17) is 0 Å². The van der Waals surface area contributed by atoms with E-state index in [0.29, 0.717) is 0 Å². The van der Waals surface area contributed by atoms with Gasteiger partial charge < -0.3 is 36.0 Å². The number of hydrogen-bond donors (Lipinski definition) is 6. The molecule has 15 heteroatoms. The van der Waals surface area contributed by atoms with Gasteiger partial charge in [-0.05, 0) is 78.9 Å². The van der Waals surface area contributed by atoms with Crippen molar-refractivity contribution >= 4 is 59.0 Å². The number of benzene rings is 4. The van der Waals surface area contributed by atoms with Gasteiger partial charge in [0, 0.05) is 25.2 Å². The Morgan fingerprint density at radius 1 is 0.646 bits per heavy atom. The van der Waals surface area contributed by atoms with Crippen LogP contribution in [0.25, 0.3) is 0 Å². The maximum Gasteiger partial charge on any atom is 0.337 e. The standard InChI is InChI=1S/C30H19N3O10.C3H7NO/c34-17-6-9-23(21(12-17)29(40)41)31-25(36)14-1-4-16(5-2-14)33-27(38)19-8-3-15(11-20(19)28(33)39)26(37)32-24-10-7-18(35)13-22(24)30(42)43;1-4(2)3-5/h1-13,34-35H,(H,31,36)(H,32,37)(H,40,41)(H,42,43);3H,1-2H3. The molecule has 48 heavy (non-hydrogen) atoms. The highest BCUT2D eigenvalue weighted by atomic mass is 16.4. The van der Waals surface area contributed by atoms with Crippen LogP contribution in [0.3, 0.4) is 0 Å². The van der Waals surface area contributed by atoms with Crippen molar-refractivity contribution in [2.24, 2.45) is 0 Å². The molecule has 4 aromatic carbocycles. The summed E-state index contributed by atoms with van der Waals surface area (Å²) in [5, 5.41) is 42.6. The van der Waals surface area contributed by atoms with Crippen LogP contribution in [0.1, 0.15) is 62.1 Å². The summed E-state index contributed by atoms with van der Waals surface area (Å²) in [6.45, 7) is 0. The lowest BCUT2D eigenvalue weighted by Gasteiger charge is -2.14. The number of amides is 5. The molecule has 0 saturated carbocycles. The number of carbonyl (C=O) groups excluding carboxylic acids is 5. The number of phenols is 2. The monoisotopic (exact) mass is 654 g/mol. The summed E-state index contributed by atoms with van der Waals surface area (Å²) < 4.78 is 0. The SMILES string of the molecule is CN(C)C=O.O=C(Nc1ccc(O)cc1C(=O)O)c1ccc(N2C(=O)c3ccc(C(=O)Nc4ccc(O)cc4C(=O)O)cc3C2=O)cc1. The number of phenolic OH excluding ortho intramolecular Hbond substituents is 2. The molecule has 0 aliphatic carbocycles. The molecule has 4 aromatic rings. The van der Waals surface area contributed by atoms with Crippen molar-refractivity contribution in [3.8, 4) is 11.5 Å². The third-order valence-corrected chi connectivity index (χ3v) is 6.71. The highest BCUT2D eigenvalue weighted by Crippen LogP contribution is 2.30. The van der Waals surface area contributed by atoms with Gasteiger partial charge >= 0.3 is 11.9 Å². The van der Waals surface area contributed by atoms with Gasteiger partial charge in [0.15, 0.2) is 0 Å². The van der Waals surface area contributed by atoms with E-state index >= 15 is 0 Å². The summed E-state index contributed by atoms with van der Waals surface area (Å²) >= 11 is 0. The Labute approximate surface area is 271 Å². The summed E-state index contributed by atoms with van der Waals surface area (Å²) in [6, 6.07) is 15.9. The zero-order chi connectivity index (χ0) is 35.3. The number of nitrogens with zero attached hydrogens (tertiary/aromatic N) is 2. The quantitative estimate of drug-likeness (QED) is 0.0914. The first-order chi connectivity index (χ1) is 22.7. The van der Waals surface area contributed by atoms with E-state index in [1.807, 2.05) is 0 Å². The average Bonchev–Trinajstić information content (AvgIpc) is 3.31. The minimum atomic E-state index is -1.38. The number of carboxylic acids is 2. The van der Waals surface area contributed by atoms with E-state index in [9.17, 15) is 54.0 Å². The molecule has 6 N–H and O–H groups in total. The third-order valence-electron chi connectivity index (χ3n) is 6.71. The van der Waals surface area contributed by atoms with E-state index in [0.717, 1.165) is 23.4 Å². The van der Waals surface area contributed by atoms with Crippen LogP contribution >= 0.6 is 0 Å². The Kier molecular flexibility index (Phi) is 9.84. The molecule has 1 aliphatic rings. The first kappa shape index (κ1) is 33.9. The van der Waals surface area contributed by atoms with Crippen LogP contribution in [0.4, 0.5) is 17.1 Å². The molecule has 0 fully saturated rings. The van der Waals surface area contributed by atoms with Crippen LogP contribution in [-0.4, -0.2) is 81.4 Å². The summed E-state index contributed by atoms with van der Waals surface area (Å²) in [4.78, 5) is 86.6. The number of imide groups is 1. The molecule has 0 spiro atoms. The van der Waals surface area contributed by atoms with Crippen LogP contribution in [0.15, 0.2) is 78.9 Å². The van der Waals surface area contributed by atoms with E-state index < -0.39 is 35.6 Å². The van der Waals surface area contributed by atoms with Crippen LogP contribution in [0, 0.1) is 0 Å². The lowest BCUT2D eigenvalue weighted by Crippen LogP contribution is -2.29. The largest absolute Gasteiger partial charge is 0.508 e. The zero-order valence-electron chi connectivity index (χ0n) is 25.1. The summed E-state index contributed by atoms with van der Waals surface area (Å²) in [5.41, 5.74) is -0.696. The number of hydrogen-bond acceptors (Lipinski definition) is 9. The normalized spacial score (nSPS) is 11.5. The highest BCUT2D eigenvalue weighted by Gasteiger charge is 2.37. The average molecular weight is 655 g/mol. The zero-order valence-corrected chi connectivity index (χ0v) is 25.1. The molecule has 244 valence electrons. The maximum absolute atomic E-state index is 13.2. The van der Waals surface area contributed by atoms with Crippen LogP contribution in [0.2, 0.25) is 0 Å². The molecule has 15 nitrogen and oxygen atoms in total. The number of nitrogens with one attached hydrogen (secondary N) is 2. The van der Waals surface area contributed by atoms with E-state index in [1.54, 1.807) is 14.1 Å². The predicted molar refractivity (Wildman–Crippen MR) is 170 cm³/mol. The number of carboxylic acid groups (broad SMARTS) is 2. The number of fused-ring (bicyclic) bond motifs is 1. The predicted octanol–water partition coefficient (Wildman–Crippen LogP) is 3.50. The Hall–Kier alpha value is -7.03. The van der Waals surface area contributed by atoms with Crippen molar-refractivity contribution < 1.29 is 54.0 Å². The van der Waals surface area contributed by atoms with Gasteiger partial charge in [0.25, 0.3) is 23.6 Å². The molecule has 0 saturated heterocycles. The molecule has 5 amide bonds. The lowest BCUT2D eigenvalue weighted by molar-refractivity contribution is -0.115. The van der Waals surface area contributed by atoms with Crippen LogP contribution in [0.5, 0.6) is 11.5 Å². The van der Waals surface area contributed by atoms with Gasteiger partial charge in [-0.3, -0.25) is 24.0 Å². The second-order valence-corrected chi connectivity index (χ2v) is 10.3. The molecule has 0 atom stereocenters. The van der Waals surface area contributed by atoms with Gasteiger partial charge in [0.05, 0.1) is 39.3 Å². The van der Waals surface area contributed by atoms with Gasteiger partial charge in [-0.1, -0.05) is 0 Å². The smallest absolute Gasteiger partial charge is 0.337 e. The van der Waals surface area contributed by atoms with Gasteiger partial charge in [-0.25, -0.2) is 14.5 Å². The van der Waals surface area contributed by atoms with E-state index in [1.165, 1.54) is 71.6 Å². The topological polar surface area (TPSA) is 231 Å². The summed E-state index contributed by atoms with van der Waals surface area (Å²) in [7, 11) is 3.38. The second-order valence-electron chi connectivity index (χ2n) is 10.3. The molecule has 1 heterocycles. The van der Waals surface area contributed by atoms with Crippen LogP contribution < -0.4 is 15.5 Å². The fourth-order valence-electron chi connectivity index (χ4n) is 4.40. The van der Waals surface area contributed by atoms with Crippen LogP contribution in [-0.2, 0) is 4.79 Å². The molecule has 1 aliphatic heterocycles. The molecule has 0 radical (unpaired) electrons. The van der Waals surface area contributed by atoms with Gasteiger partial charge in [0.2, 0.25) is 6.41 Å². The number of aromatic hydroxyl groups is 2. The first-order valence-electron chi connectivity index (χ1n) is 13.7. The molecular formula is C33H26N4O11. The summed E-state index contributed by atoms with van der Waals surface area (Å²) in [5.74, 6) is -6.21. The Balaban J connectivity index is 0.000000968. The Bertz CT molecular complexity index is 1990. The number of carbonyl (C=O) groups is 7. The first-order valence-corrected chi connectivity index (χ1v) is 13.7. The molecule has 0 aromatic heterocycles. The second kappa shape index (κ2) is 13.9. The van der Waals surface area contributed by atoms with Crippen molar-refractivity contribution in [2.45, 2.75) is 0 Å². The summed E-state index contributed by atoms with van der Waals surface area (Å²) in [6.07, 6.45) is 0.750. The highest BCUT2D eigenvalue weighted by molar-refractivity contribution is 6.35. The maximum atomic E-state index is 13.2. The van der Waals surface area contributed by atoms with Gasteiger partial charge in [-0.2, -0.15) is 0 Å². The Morgan fingerprint density at radius 2 is 1.08 bits per heavy atom. The minimum Gasteiger partial charge on any atom is -0.508 e. The minimum absolute atomic E-state index is 0.0211. The van der Waals surface area contributed by atoms with Gasteiger partial charge in [-0.15, -0.1) is 0 Å². The molecule has 5 rings (SSSR count). The van der Waals surface area contributed by atoms with E-state index in [-0.39, 0.29) is 61.9 Å². The molecule has 0 unspecified atom stereocenters. The van der Waals surface area contributed by atoms with Crippen molar-refractivity contribution in [1.29, 1.82) is 0 Å².